The first-order valence-electron chi connectivity index (χ1n) is 9.74. The zero-order valence-electron chi connectivity index (χ0n) is 16.6. The van der Waals surface area contributed by atoms with Gasteiger partial charge in [0.2, 0.25) is 0 Å². The molecule has 0 radical (unpaired) electrons. The normalized spacial score (nSPS) is 25.1. The van der Waals surface area contributed by atoms with Gasteiger partial charge in [-0.2, -0.15) is 0 Å². The van der Waals surface area contributed by atoms with Crippen LogP contribution in [0.15, 0.2) is 24.3 Å². The predicted octanol–water partition coefficient (Wildman–Crippen LogP) is 4.27. The van der Waals surface area contributed by atoms with Crippen molar-refractivity contribution in [2.24, 2.45) is 0 Å². The maximum atomic E-state index is 6.57. The highest BCUT2D eigenvalue weighted by Gasteiger charge is 2.41. The maximum Gasteiger partial charge on any atom is 0.0602 e. The number of benzene rings is 1. The van der Waals surface area contributed by atoms with E-state index in [9.17, 15) is 0 Å². The van der Waals surface area contributed by atoms with E-state index in [0.29, 0.717) is 6.04 Å². The van der Waals surface area contributed by atoms with Crippen molar-refractivity contribution in [2.45, 2.75) is 43.7 Å². The number of likely N-dealkylation sites (N-methyl/N-ethyl adjacent to an activating group) is 1. The first-order chi connectivity index (χ1) is 12.3. The molecule has 0 bridgehead atoms. The topological polar surface area (TPSA) is 36.5 Å². The van der Waals surface area contributed by atoms with E-state index in [0.717, 1.165) is 50.8 Å². The summed E-state index contributed by atoms with van der Waals surface area (Å²) < 4.78 is 5.43. The summed E-state index contributed by atoms with van der Waals surface area (Å²) >= 11 is 6.57. The van der Waals surface area contributed by atoms with Gasteiger partial charge in [0.05, 0.1) is 18.8 Å². The Morgan fingerprint density at radius 3 is 2.54 bits per heavy atom. The largest absolute Gasteiger partial charge is 0.379 e. The van der Waals surface area contributed by atoms with Crippen LogP contribution >= 0.6 is 48.8 Å². The Hall–Kier alpha value is 0.220. The van der Waals surface area contributed by atoms with Crippen LogP contribution in [0.3, 0.4) is 0 Å². The summed E-state index contributed by atoms with van der Waals surface area (Å²) in [7, 11) is 2.08. The number of hydrogen-bond donors (Lipinski definition) is 2. The van der Waals surface area contributed by atoms with Crippen molar-refractivity contribution in [1.82, 2.24) is 15.5 Å². The second kappa shape index (κ2) is 14.3. The molecule has 8 heteroatoms. The second-order valence-electron chi connectivity index (χ2n) is 7.26. The molecule has 4 nitrogen and oxygen atoms in total. The van der Waals surface area contributed by atoms with Gasteiger partial charge in [-0.3, -0.25) is 4.90 Å². The third-order valence-electron chi connectivity index (χ3n) is 5.85. The summed E-state index contributed by atoms with van der Waals surface area (Å²) in [6.45, 7) is 6.11. The third-order valence-corrected chi connectivity index (χ3v) is 6.18. The van der Waals surface area contributed by atoms with Crippen LogP contribution in [0.4, 0.5) is 0 Å². The van der Waals surface area contributed by atoms with E-state index in [1.807, 2.05) is 12.1 Å². The van der Waals surface area contributed by atoms with Gasteiger partial charge in [0.25, 0.3) is 0 Å². The van der Waals surface area contributed by atoms with Crippen molar-refractivity contribution in [3.05, 3.63) is 34.9 Å². The summed E-state index contributed by atoms with van der Waals surface area (Å²) in [5, 5.41) is 8.36. The second-order valence-corrected chi connectivity index (χ2v) is 7.67. The molecule has 2 aliphatic rings. The Kier molecular flexibility index (Phi) is 14.4. The number of nitrogens with zero attached hydrogens (tertiary/aromatic N) is 1. The van der Waals surface area contributed by atoms with Crippen LogP contribution in [0, 0.1) is 0 Å². The Bertz CT molecular complexity index is 546. The Morgan fingerprint density at radius 1 is 1.14 bits per heavy atom. The van der Waals surface area contributed by atoms with Crippen LogP contribution in [-0.4, -0.2) is 57.4 Å². The van der Waals surface area contributed by atoms with Crippen molar-refractivity contribution in [1.29, 1.82) is 0 Å². The molecule has 2 fully saturated rings. The Labute approximate surface area is 193 Å². The lowest BCUT2D eigenvalue weighted by molar-refractivity contribution is 0.0371. The molecule has 1 aromatic rings. The van der Waals surface area contributed by atoms with E-state index in [1.165, 1.54) is 31.2 Å². The molecule has 1 aliphatic carbocycles. The van der Waals surface area contributed by atoms with Gasteiger partial charge in [-0.15, -0.1) is 37.2 Å². The van der Waals surface area contributed by atoms with Crippen LogP contribution in [0.5, 0.6) is 0 Å². The van der Waals surface area contributed by atoms with Crippen LogP contribution in [0.2, 0.25) is 5.02 Å². The minimum absolute atomic E-state index is 0. The summed E-state index contributed by atoms with van der Waals surface area (Å²) in [4.78, 5) is 2.51. The molecule has 0 amide bonds. The fourth-order valence-electron chi connectivity index (χ4n) is 4.43. The molecule has 0 aromatic heterocycles. The summed E-state index contributed by atoms with van der Waals surface area (Å²) in [5.41, 5.74) is 1.18. The fourth-order valence-corrected chi connectivity index (χ4v) is 4.74. The number of ether oxygens (including phenoxy) is 1. The lowest BCUT2D eigenvalue weighted by Gasteiger charge is -2.45. The van der Waals surface area contributed by atoms with Gasteiger partial charge in [0, 0.05) is 24.2 Å². The zero-order chi connectivity index (χ0) is 17.5. The van der Waals surface area contributed by atoms with Crippen molar-refractivity contribution in [3.8, 4) is 0 Å². The highest BCUT2D eigenvalue weighted by Crippen LogP contribution is 2.40. The van der Waals surface area contributed by atoms with Gasteiger partial charge < -0.3 is 15.4 Å². The SMILES string of the molecule is CN[C@]1(c2ccccc2Cl)CCCC[C@@H]1NCCCN1CCOCC1.Cl.Cl.Cl. The van der Waals surface area contributed by atoms with Gasteiger partial charge in [-0.05, 0) is 51.0 Å². The van der Waals surface area contributed by atoms with Crippen molar-refractivity contribution in [3.63, 3.8) is 0 Å². The highest BCUT2D eigenvalue weighted by molar-refractivity contribution is 6.31. The van der Waals surface area contributed by atoms with E-state index < -0.39 is 0 Å². The van der Waals surface area contributed by atoms with Crippen LogP contribution in [0.25, 0.3) is 0 Å². The molecule has 164 valence electrons. The predicted molar refractivity (Wildman–Crippen MR) is 126 cm³/mol. The first-order valence-corrected chi connectivity index (χ1v) is 10.1. The lowest BCUT2D eigenvalue weighted by Crippen LogP contribution is -2.58. The summed E-state index contributed by atoms with van der Waals surface area (Å²) in [6.07, 6.45) is 6.05. The molecule has 1 aromatic carbocycles. The van der Waals surface area contributed by atoms with Crippen molar-refractivity contribution in [2.75, 3.05) is 46.4 Å². The summed E-state index contributed by atoms with van der Waals surface area (Å²) in [5.74, 6) is 0. The quantitative estimate of drug-likeness (QED) is 0.578. The highest BCUT2D eigenvalue weighted by atomic mass is 35.5. The maximum absolute atomic E-state index is 6.57. The number of halogens is 4. The average molecular weight is 475 g/mol. The molecule has 28 heavy (non-hydrogen) atoms. The van der Waals surface area contributed by atoms with Gasteiger partial charge in [0.1, 0.15) is 0 Å². The standard InChI is InChI=1S/C20H32ClN3O.3ClH/c1-22-20(17-7-2-3-8-18(17)21)10-5-4-9-19(20)23-11-6-12-24-13-15-25-16-14-24;;;/h2-3,7-8,19,22-23H,4-6,9-16H2,1H3;3*1H/t19-,20-;;;/m0.../s1. The van der Waals surface area contributed by atoms with E-state index >= 15 is 0 Å². The molecular weight excluding hydrogens is 440 g/mol. The van der Waals surface area contributed by atoms with Crippen molar-refractivity contribution < 1.29 is 4.74 Å². The third kappa shape index (κ3) is 6.88. The monoisotopic (exact) mass is 473 g/mol. The molecule has 3 rings (SSSR count). The molecule has 2 atom stereocenters. The van der Waals surface area contributed by atoms with Gasteiger partial charge >= 0.3 is 0 Å². The zero-order valence-corrected chi connectivity index (χ0v) is 19.8. The van der Waals surface area contributed by atoms with Crippen LogP contribution in [-0.2, 0) is 10.3 Å². The van der Waals surface area contributed by atoms with Crippen molar-refractivity contribution >= 4 is 48.8 Å². The molecule has 1 heterocycles. The Morgan fingerprint density at radius 2 is 1.86 bits per heavy atom. The lowest BCUT2D eigenvalue weighted by atomic mass is 9.72. The molecule has 1 aliphatic heterocycles. The smallest absolute Gasteiger partial charge is 0.0602 e. The van der Waals surface area contributed by atoms with Crippen LogP contribution in [0.1, 0.15) is 37.7 Å². The first kappa shape index (κ1) is 28.2. The summed E-state index contributed by atoms with van der Waals surface area (Å²) in [6, 6.07) is 8.75. The van der Waals surface area contributed by atoms with Crippen LogP contribution < -0.4 is 10.6 Å². The molecule has 2 N–H and O–H groups in total. The molecule has 0 unspecified atom stereocenters. The minimum atomic E-state index is -0.0600. The fraction of sp³-hybridized carbons (Fsp3) is 0.700. The van der Waals surface area contributed by atoms with E-state index in [4.69, 9.17) is 16.3 Å². The van der Waals surface area contributed by atoms with Gasteiger partial charge in [-0.1, -0.05) is 42.6 Å². The van der Waals surface area contributed by atoms with Gasteiger partial charge in [-0.25, -0.2) is 0 Å². The molecular formula is C20H35Cl4N3O. The van der Waals surface area contributed by atoms with Gasteiger partial charge in [0.15, 0.2) is 0 Å². The Balaban J connectivity index is 0.00000243. The van der Waals surface area contributed by atoms with E-state index in [2.05, 4.69) is 34.7 Å². The number of rotatable bonds is 7. The number of morpholine rings is 1. The molecule has 1 saturated heterocycles. The van der Waals surface area contributed by atoms with E-state index in [1.54, 1.807) is 0 Å². The molecule has 1 saturated carbocycles. The number of nitrogens with one attached hydrogen (secondary N) is 2. The minimum Gasteiger partial charge on any atom is -0.379 e. The molecule has 0 spiro atoms. The number of hydrogen-bond acceptors (Lipinski definition) is 4. The van der Waals surface area contributed by atoms with E-state index in [-0.39, 0.29) is 42.8 Å². The average Bonchev–Trinajstić information content (AvgIpc) is 2.67.